The van der Waals surface area contributed by atoms with Gasteiger partial charge in [-0.1, -0.05) is 51.7 Å². The second kappa shape index (κ2) is 6.19. The number of halogens is 1. The number of hydrogen-bond acceptors (Lipinski definition) is 1. The number of benzene rings is 3. The maximum absolute atomic E-state index is 5.80. The highest BCUT2D eigenvalue weighted by Gasteiger charge is 2.11. The van der Waals surface area contributed by atoms with Gasteiger partial charge in [-0.3, -0.25) is 0 Å². The minimum absolute atomic E-state index is 0.766. The molecule has 3 aromatic carbocycles. The zero-order chi connectivity index (χ0) is 14.7. The third-order valence-corrected chi connectivity index (χ3v) is 3.78. The molecule has 0 bridgehead atoms. The van der Waals surface area contributed by atoms with E-state index in [1.54, 1.807) is 0 Å². The minimum Gasteiger partial charge on any atom is -0.311 e. The standard InChI is InChI=1S/C18H13BBrN/c19-14-6-10-17(11-7-14)21(16-4-2-1-3-5-16)18-12-8-15(20)9-13-18/h1-13H. The van der Waals surface area contributed by atoms with E-state index in [1.807, 2.05) is 54.6 Å². The Hall–Kier alpha value is -2.00. The summed E-state index contributed by atoms with van der Waals surface area (Å²) in [7, 11) is 5.80. The number of hydrogen-bond donors (Lipinski definition) is 0. The fourth-order valence-corrected chi connectivity index (χ4v) is 2.50. The molecule has 3 heteroatoms. The van der Waals surface area contributed by atoms with Gasteiger partial charge in [0.15, 0.2) is 0 Å². The first-order chi connectivity index (χ1) is 10.2. The lowest BCUT2D eigenvalue weighted by Crippen LogP contribution is -2.11. The fraction of sp³-hybridized carbons (Fsp3) is 0. The van der Waals surface area contributed by atoms with Gasteiger partial charge in [0, 0.05) is 21.5 Å². The summed E-state index contributed by atoms with van der Waals surface area (Å²) in [5, 5.41) is 0. The quantitative estimate of drug-likeness (QED) is 0.627. The maximum Gasteiger partial charge on any atom is 0.113 e. The van der Waals surface area contributed by atoms with Crippen molar-refractivity contribution in [3.63, 3.8) is 0 Å². The molecule has 3 rings (SSSR count). The molecule has 1 nitrogen and oxygen atoms in total. The third-order valence-electron chi connectivity index (χ3n) is 3.25. The van der Waals surface area contributed by atoms with Gasteiger partial charge in [-0.25, -0.2) is 0 Å². The van der Waals surface area contributed by atoms with Crippen LogP contribution in [0.1, 0.15) is 0 Å². The second-order valence-electron chi connectivity index (χ2n) is 4.74. The van der Waals surface area contributed by atoms with E-state index in [4.69, 9.17) is 7.85 Å². The molecule has 3 aromatic rings. The van der Waals surface area contributed by atoms with Crippen molar-refractivity contribution in [1.29, 1.82) is 0 Å². The molecular formula is C18H13BBrN. The van der Waals surface area contributed by atoms with Crippen molar-refractivity contribution < 1.29 is 0 Å². The molecule has 21 heavy (non-hydrogen) atoms. The number of nitrogens with zero attached hydrogens (tertiary/aromatic N) is 1. The average molecular weight is 334 g/mol. The van der Waals surface area contributed by atoms with Gasteiger partial charge in [-0.2, -0.15) is 0 Å². The zero-order valence-electron chi connectivity index (χ0n) is 11.4. The lowest BCUT2D eigenvalue weighted by atomic mass is 9.96. The van der Waals surface area contributed by atoms with E-state index in [0.29, 0.717) is 0 Å². The topological polar surface area (TPSA) is 3.24 Å². The van der Waals surface area contributed by atoms with Crippen molar-refractivity contribution in [2.45, 2.75) is 0 Å². The van der Waals surface area contributed by atoms with Crippen LogP contribution in [0.25, 0.3) is 0 Å². The van der Waals surface area contributed by atoms with Gasteiger partial charge in [0.05, 0.1) is 0 Å². The molecule has 0 N–H and O–H groups in total. The Morgan fingerprint density at radius 2 is 1.10 bits per heavy atom. The predicted octanol–water partition coefficient (Wildman–Crippen LogP) is 4.71. The SMILES string of the molecule is [B]c1ccc(N(c2ccccc2)c2ccc(Br)cc2)cc1. The highest BCUT2D eigenvalue weighted by molar-refractivity contribution is 9.10. The number of para-hydroxylation sites is 1. The summed E-state index contributed by atoms with van der Waals surface area (Å²) in [5.74, 6) is 0. The van der Waals surface area contributed by atoms with Gasteiger partial charge >= 0.3 is 0 Å². The Morgan fingerprint density at radius 3 is 1.67 bits per heavy atom. The molecule has 0 atom stereocenters. The Labute approximate surface area is 134 Å². The molecule has 100 valence electrons. The Kier molecular flexibility index (Phi) is 4.12. The van der Waals surface area contributed by atoms with Crippen LogP contribution in [0.4, 0.5) is 17.1 Å². The molecule has 0 aliphatic carbocycles. The lowest BCUT2D eigenvalue weighted by molar-refractivity contribution is 1.28. The molecule has 0 aromatic heterocycles. The first-order valence-corrected chi connectivity index (χ1v) is 7.49. The molecule has 0 aliphatic rings. The molecule has 0 spiro atoms. The number of anilines is 3. The summed E-state index contributed by atoms with van der Waals surface area (Å²) in [6, 6.07) is 26.5. The van der Waals surface area contributed by atoms with Crippen molar-refractivity contribution >= 4 is 46.3 Å². The molecule has 0 unspecified atom stereocenters. The first-order valence-electron chi connectivity index (χ1n) is 6.70. The highest BCUT2D eigenvalue weighted by Crippen LogP contribution is 2.34. The van der Waals surface area contributed by atoms with Crippen molar-refractivity contribution in [3.8, 4) is 0 Å². The van der Waals surface area contributed by atoms with Crippen molar-refractivity contribution in [3.05, 3.63) is 83.3 Å². The summed E-state index contributed by atoms with van der Waals surface area (Å²) in [5.41, 5.74) is 4.07. The van der Waals surface area contributed by atoms with E-state index in [-0.39, 0.29) is 0 Å². The Morgan fingerprint density at radius 1 is 0.619 bits per heavy atom. The van der Waals surface area contributed by atoms with Crippen molar-refractivity contribution in [1.82, 2.24) is 0 Å². The second-order valence-corrected chi connectivity index (χ2v) is 5.65. The largest absolute Gasteiger partial charge is 0.311 e. The number of rotatable bonds is 3. The average Bonchev–Trinajstić information content (AvgIpc) is 2.52. The molecule has 0 amide bonds. The van der Waals surface area contributed by atoms with Crippen LogP contribution in [-0.2, 0) is 0 Å². The van der Waals surface area contributed by atoms with Gasteiger partial charge in [0.2, 0.25) is 0 Å². The van der Waals surface area contributed by atoms with Gasteiger partial charge in [-0.05, 0) is 48.5 Å². The van der Waals surface area contributed by atoms with Crippen LogP contribution in [-0.4, -0.2) is 7.85 Å². The zero-order valence-corrected chi connectivity index (χ0v) is 13.0. The van der Waals surface area contributed by atoms with Crippen molar-refractivity contribution in [2.75, 3.05) is 4.90 Å². The van der Waals surface area contributed by atoms with Crippen LogP contribution in [0.5, 0.6) is 0 Å². The summed E-state index contributed by atoms with van der Waals surface area (Å²) >= 11 is 3.48. The van der Waals surface area contributed by atoms with E-state index in [9.17, 15) is 0 Å². The van der Waals surface area contributed by atoms with Gasteiger partial charge in [0.25, 0.3) is 0 Å². The molecule has 0 aliphatic heterocycles. The predicted molar refractivity (Wildman–Crippen MR) is 94.2 cm³/mol. The Balaban J connectivity index is 2.11. The summed E-state index contributed by atoms with van der Waals surface area (Å²) in [6.07, 6.45) is 0. The van der Waals surface area contributed by atoms with Crippen LogP contribution < -0.4 is 10.4 Å². The van der Waals surface area contributed by atoms with Gasteiger partial charge < -0.3 is 4.90 Å². The van der Waals surface area contributed by atoms with E-state index in [0.717, 1.165) is 27.0 Å². The summed E-state index contributed by atoms with van der Waals surface area (Å²) in [6.45, 7) is 0. The monoisotopic (exact) mass is 333 g/mol. The summed E-state index contributed by atoms with van der Waals surface area (Å²) < 4.78 is 1.07. The van der Waals surface area contributed by atoms with Gasteiger partial charge in [0.1, 0.15) is 7.85 Å². The fourth-order valence-electron chi connectivity index (χ4n) is 2.24. The maximum atomic E-state index is 5.80. The molecule has 0 saturated carbocycles. The van der Waals surface area contributed by atoms with Crippen LogP contribution in [0.2, 0.25) is 0 Å². The summed E-state index contributed by atoms with van der Waals surface area (Å²) in [4.78, 5) is 2.20. The van der Waals surface area contributed by atoms with E-state index < -0.39 is 0 Å². The van der Waals surface area contributed by atoms with Crippen LogP contribution in [0.15, 0.2) is 83.3 Å². The molecule has 0 fully saturated rings. The van der Waals surface area contributed by atoms with E-state index in [2.05, 4.69) is 45.1 Å². The van der Waals surface area contributed by atoms with Gasteiger partial charge in [-0.15, -0.1) is 0 Å². The smallest absolute Gasteiger partial charge is 0.113 e. The van der Waals surface area contributed by atoms with Crippen LogP contribution in [0, 0.1) is 0 Å². The molecular weight excluding hydrogens is 321 g/mol. The van der Waals surface area contributed by atoms with Crippen LogP contribution in [0.3, 0.4) is 0 Å². The van der Waals surface area contributed by atoms with E-state index >= 15 is 0 Å². The van der Waals surface area contributed by atoms with Crippen LogP contribution >= 0.6 is 15.9 Å². The molecule has 0 heterocycles. The van der Waals surface area contributed by atoms with Crippen molar-refractivity contribution in [2.24, 2.45) is 0 Å². The first kappa shape index (κ1) is 14.0. The lowest BCUT2D eigenvalue weighted by Gasteiger charge is -2.25. The van der Waals surface area contributed by atoms with E-state index in [1.165, 1.54) is 0 Å². The minimum atomic E-state index is 0.766. The molecule has 0 saturated heterocycles. The third kappa shape index (κ3) is 3.19. The molecule has 2 radical (unpaired) electrons. The normalized spacial score (nSPS) is 10.3. The highest BCUT2D eigenvalue weighted by atomic mass is 79.9. The Bertz CT molecular complexity index is 663.